The Hall–Kier alpha value is -0.940. The molecule has 1 unspecified atom stereocenters. The van der Waals surface area contributed by atoms with E-state index >= 15 is 0 Å². The van der Waals surface area contributed by atoms with E-state index in [0.29, 0.717) is 12.8 Å². The van der Waals surface area contributed by atoms with Gasteiger partial charge in [0.2, 0.25) is 0 Å². The zero-order chi connectivity index (χ0) is 13.6. The van der Waals surface area contributed by atoms with E-state index in [9.17, 15) is 15.3 Å². The first kappa shape index (κ1) is 13.1. The van der Waals surface area contributed by atoms with Crippen LogP contribution in [0.3, 0.4) is 0 Å². The number of benzene rings is 1. The van der Waals surface area contributed by atoms with Crippen molar-refractivity contribution in [3.63, 3.8) is 0 Å². The van der Waals surface area contributed by atoms with E-state index in [-0.39, 0.29) is 6.04 Å². The van der Waals surface area contributed by atoms with Gasteiger partial charge >= 0.3 is 0 Å². The van der Waals surface area contributed by atoms with E-state index in [0.717, 1.165) is 24.0 Å². The molecule has 0 spiro atoms. The molecule has 0 saturated heterocycles. The van der Waals surface area contributed by atoms with Crippen molar-refractivity contribution in [2.45, 2.75) is 56.7 Å². The molecule has 1 aromatic rings. The lowest BCUT2D eigenvalue weighted by molar-refractivity contribution is -0.128. The van der Waals surface area contributed by atoms with Crippen molar-refractivity contribution in [2.75, 3.05) is 0 Å². The Morgan fingerprint density at radius 3 is 2.00 bits per heavy atom. The minimum Gasteiger partial charge on any atom is -0.390 e. The van der Waals surface area contributed by atoms with Crippen LogP contribution in [0.2, 0.25) is 0 Å². The summed E-state index contributed by atoms with van der Waals surface area (Å²) in [7, 11) is 0. The van der Waals surface area contributed by atoms with Crippen molar-refractivity contribution >= 4 is 0 Å². The van der Waals surface area contributed by atoms with Crippen molar-refractivity contribution in [2.24, 2.45) is 0 Å². The maximum atomic E-state index is 10.4. The fourth-order valence-corrected chi connectivity index (χ4v) is 3.36. The molecule has 0 aromatic heterocycles. The first-order chi connectivity index (χ1) is 8.99. The molecule has 0 amide bonds. The molecule has 1 saturated carbocycles. The summed E-state index contributed by atoms with van der Waals surface area (Å²) in [4.78, 5) is 1.78. The van der Waals surface area contributed by atoms with Gasteiger partial charge in [-0.15, -0.1) is 0 Å². The molecule has 1 heterocycles. The monoisotopic (exact) mass is 263 g/mol. The third kappa shape index (κ3) is 2.19. The van der Waals surface area contributed by atoms with Crippen LogP contribution in [0, 0.1) is 0 Å². The van der Waals surface area contributed by atoms with Gasteiger partial charge in [-0.25, -0.2) is 4.90 Å². The summed E-state index contributed by atoms with van der Waals surface area (Å²) < 4.78 is 0. The van der Waals surface area contributed by atoms with Gasteiger partial charge in [0.1, 0.15) is 12.5 Å². The van der Waals surface area contributed by atoms with Gasteiger partial charge in [0, 0.05) is 17.2 Å². The van der Waals surface area contributed by atoms with E-state index in [1.165, 1.54) is 0 Å². The normalized spacial score (nSPS) is 39.3. The van der Waals surface area contributed by atoms with E-state index in [4.69, 9.17) is 0 Å². The lowest BCUT2D eigenvalue weighted by atomic mass is 9.83. The zero-order valence-corrected chi connectivity index (χ0v) is 11.2. The summed E-state index contributed by atoms with van der Waals surface area (Å²) >= 11 is 0. The maximum Gasteiger partial charge on any atom is 0.136 e. The van der Waals surface area contributed by atoms with Gasteiger partial charge in [0.15, 0.2) is 0 Å². The van der Waals surface area contributed by atoms with Gasteiger partial charge in [0.25, 0.3) is 0 Å². The second kappa shape index (κ2) is 4.56. The van der Waals surface area contributed by atoms with Gasteiger partial charge < -0.3 is 15.3 Å². The third-order valence-electron chi connectivity index (χ3n) is 4.57. The standard InChI is InChI=1S/C15H21NO3/c1-15(19)8-6-10(7-9-15)16-13(17)11-4-2-3-5-12(11)14(16)18/h2-5,10,13-14,17-19H,6-9H2,1H3/t10?,13-,14?,15?/m0/s1. The Morgan fingerprint density at radius 1 is 1.05 bits per heavy atom. The molecule has 19 heavy (non-hydrogen) atoms. The molecule has 1 aliphatic carbocycles. The van der Waals surface area contributed by atoms with E-state index in [2.05, 4.69) is 0 Å². The van der Waals surface area contributed by atoms with Gasteiger partial charge in [0.05, 0.1) is 5.60 Å². The largest absolute Gasteiger partial charge is 0.390 e. The summed E-state index contributed by atoms with van der Waals surface area (Å²) in [5, 5.41) is 30.8. The molecule has 3 rings (SSSR count). The highest BCUT2D eigenvalue weighted by Gasteiger charge is 2.42. The molecule has 1 fully saturated rings. The number of rotatable bonds is 1. The van der Waals surface area contributed by atoms with Crippen molar-refractivity contribution in [3.8, 4) is 0 Å². The van der Waals surface area contributed by atoms with Crippen LogP contribution in [0.4, 0.5) is 0 Å². The number of aliphatic hydroxyl groups is 3. The van der Waals surface area contributed by atoms with Crippen molar-refractivity contribution in [3.05, 3.63) is 35.4 Å². The van der Waals surface area contributed by atoms with Crippen LogP contribution in [-0.4, -0.2) is 31.9 Å². The van der Waals surface area contributed by atoms with Gasteiger partial charge in [-0.05, 0) is 32.6 Å². The predicted octanol–water partition coefficient (Wildman–Crippen LogP) is 1.68. The molecular formula is C15H21NO3. The highest BCUT2D eigenvalue weighted by atomic mass is 16.3. The number of hydrogen-bond donors (Lipinski definition) is 3. The summed E-state index contributed by atoms with van der Waals surface area (Å²) in [5.74, 6) is 0. The van der Waals surface area contributed by atoms with Crippen LogP contribution in [0.1, 0.15) is 56.2 Å². The van der Waals surface area contributed by atoms with Crippen LogP contribution >= 0.6 is 0 Å². The Labute approximate surface area is 113 Å². The lowest BCUT2D eigenvalue weighted by Gasteiger charge is -2.40. The molecule has 0 bridgehead atoms. The van der Waals surface area contributed by atoms with Gasteiger partial charge in [-0.2, -0.15) is 0 Å². The van der Waals surface area contributed by atoms with Crippen LogP contribution in [0.25, 0.3) is 0 Å². The molecule has 104 valence electrons. The fraction of sp³-hybridized carbons (Fsp3) is 0.600. The summed E-state index contributed by atoms with van der Waals surface area (Å²) in [6, 6.07) is 7.61. The van der Waals surface area contributed by atoms with Gasteiger partial charge in [-0.3, -0.25) is 0 Å². The number of fused-ring (bicyclic) bond motifs is 1. The topological polar surface area (TPSA) is 63.9 Å². The van der Waals surface area contributed by atoms with Crippen LogP contribution < -0.4 is 0 Å². The molecule has 0 radical (unpaired) electrons. The second-order valence-corrected chi connectivity index (χ2v) is 6.05. The Bertz CT molecular complexity index is 435. The van der Waals surface area contributed by atoms with E-state index < -0.39 is 18.1 Å². The molecule has 4 nitrogen and oxygen atoms in total. The highest BCUT2D eigenvalue weighted by molar-refractivity contribution is 5.34. The van der Waals surface area contributed by atoms with E-state index in [1.807, 2.05) is 31.2 Å². The number of hydrogen-bond acceptors (Lipinski definition) is 4. The first-order valence-electron chi connectivity index (χ1n) is 6.94. The van der Waals surface area contributed by atoms with E-state index in [1.54, 1.807) is 4.90 Å². The van der Waals surface area contributed by atoms with Crippen LogP contribution in [-0.2, 0) is 0 Å². The van der Waals surface area contributed by atoms with Gasteiger partial charge in [-0.1, -0.05) is 24.3 Å². The van der Waals surface area contributed by atoms with Crippen LogP contribution in [0.15, 0.2) is 24.3 Å². The molecule has 3 N–H and O–H groups in total. The molecule has 2 aliphatic rings. The Kier molecular flexibility index (Phi) is 3.14. The predicted molar refractivity (Wildman–Crippen MR) is 71.1 cm³/mol. The van der Waals surface area contributed by atoms with Crippen molar-refractivity contribution in [1.29, 1.82) is 0 Å². The van der Waals surface area contributed by atoms with Crippen LogP contribution in [0.5, 0.6) is 0 Å². The third-order valence-corrected chi connectivity index (χ3v) is 4.57. The summed E-state index contributed by atoms with van der Waals surface area (Å²) in [6.45, 7) is 1.86. The van der Waals surface area contributed by atoms with Crippen molar-refractivity contribution < 1.29 is 15.3 Å². The minimum atomic E-state index is -0.737. The van der Waals surface area contributed by atoms with Crippen molar-refractivity contribution in [1.82, 2.24) is 4.90 Å². The second-order valence-electron chi connectivity index (χ2n) is 6.05. The number of aliphatic hydroxyl groups excluding tert-OH is 2. The number of nitrogens with zero attached hydrogens (tertiary/aromatic N) is 1. The Morgan fingerprint density at radius 2 is 1.53 bits per heavy atom. The first-order valence-corrected chi connectivity index (χ1v) is 6.94. The molecule has 4 heteroatoms. The maximum absolute atomic E-state index is 10.4. The summed E-state index contributed by atoms with van der Waals surface area (Å²) in [6.07, 6.45) is 1.55. The fourth-order valence-electron chi connectivity index (χ4n) is 3.36. The lowest BCUT2D eigenvalue weighted by Crippen LogP contribution is -2.43. The average Bonchev–Trinajstić information content (AvgIpc) is 2.64. The SMILES string of the molecule is CC1(O)CCC(N2C(O)c3ccccc3[C@@H]2O)CC1. The minimum absolute atomic E-state index is 0.123. The quantitative estimate of drug-likeness (QED) is 0.721. The Balaban J connectivity index is 1.81. The smallest absolute Gasteiger partial charge is 0.136 e. The molecule has 2 atom stereocenters. The molecule has 1 aliphatic heterocycles. The summed E-state index contributed by atoms with van der Waals surface area (Å²) in [5.41, 5.74) is 0.999. The zero-order valence-electron chi connectivity index (χ0n) is 11.2. The average molecular weight is 263 g/mol. The molecule has 1 aromatic carbocycles. The highest BCUT2D eigenvalue weighted by Crippen LogP contribution is 2.44. The molecular weight excluding hydrogens is 242 g/mol.